The quantitative estimate of drug-likeness (QED) is 0.905. The molecule has 142 valence electrons. The molecule has 2 aliphatic carbocycles. The van der Waals surface area contributed by atoms with E-state index in [1.165, 1.54) is 17.2 Å². The molecule has 2 fully saturated rings. The van der Waals surface area contributed by atoms with Crippen molar-refractivity contribution in [1.82, 2.24) is 15.1 Å². The number of benzene rings is 1. The van der Waals surface area contributed by atoms with Crippen molar-refractivity contribution in [2.45, 2.75) is 52.6 Å². The number of amides is 1. The number of hydrogen-bond acceptors (Lipinski definition) is 3. The zero-order valence-electron chi connectivity index (χ0n) is 16.2. The molecule has 0 spiro atoms. The number of carbonyl (C=O) groups is 1. The number of nitrogens with zero attached hydrogens (tertiary/aromatic N) is 2. The first-order chi connectivity index (χ1) is 12.8. The largest absolute Gasteiger partial charge is 0.351 e. The van der Waals surface area contributed by atoms with Crippen LogP contribution in [0.1, 0.15) is 40.0 Å². The predicted octanol–water partition coefficient (Wildman–Crippen LogP) is 3.24. The van der Waals surface area contributed by atoms with Crippen LogP contribution >= 0.6 is 0 Å². The first-order valence-corrected chi connectivity index (χ1v) is 9.74. The van der Waals surface area contributed by atoms with Crippen molar-refractivity contribution in [2.24, 2.45) is 16.7 Å². The van der Waals surface area contributed by atoms with Crippen LogP contribution in [0.15, 0.2) is 47.3 Å². The lowest BCUT2D eigenvalue weighted by Crippen LogP contribution is -2.48. The Morgan fingerprint density at radius 3 is 2.56 bits per heavy atom. The Morgan fingerprint density at radius 2 is 1.93 bits per heavy atom. The first kappa shape index (κ1) is 18.0. The normalized spacial score (nSPS) is 28.3. The van der Waals surface area contributed by atoms with E-state index in [1.807, 2.05) is 30.3 Å². The minimum atomic E-state index is -0.260. The fourth-order valence-corrected chi connectivity index (χ4v) is 5.12. The number of fused-ring (bicyclic) bond motifs is 2. The summed E-state index contributed by atoms with van der Waals surface area (Å²) in [6.45, 7) is 6.90. The summed E-state index contributed by atoms with van der Waals surface area (Å²) in [6.07, 6.45) is 3.43. The maximum atomic E-state index is 12.7. The summed E-state index contributed by atoms with van der Waals surface area (Å²) in [4.78, 5) is 24.9. The van der Waals surface area contributed by atoms with E-state index in [1.54, 1.807) is 6.07 Å². The molecule has 2 aliphatic rings. The van der Waals surface area contributed by atoms with Crippen LogP contribution in [0.3, 0.4) is 0 Å². The minimum Gasteiger partial charge on any atom is -0.351 e. The Morgan fingerprint density at radius 1 is 1.19 bits per heavy atom. The van der Waals surface area contributed by atoms with Crippen LogP contribution in [0.5, 0.6) is 0 Å². The molecule has 1 N–H and O–H groups in total. The molecule has 3 unspecified atom stereocenters. The van der Waals surface area contributed by atoms with Crippen LogP contribution in [0.25, 0.3) is 11.3 Å². The van der Waals surface area contributed by atoms with Gasteiger partial charge in [0.15, 0.2) is 0 Å². The van der Waals surface area contributed by atoms with Crippen LogP contribution < -0.4 is 10.9 Å². The molecular formula is C22H27N3O2. The summed E-state index contributed by atoms with van der Waals surface area (Å²) in [5.41, 5.74) is 1.72. The summed E-state index contributed by atoms with van der Waals surface area (Å²) in [5, 5.41) is 7.60. The van der Waals surface area contributed by atoms with Crippen molar-refractivity contribution in [3.05, 3.63) is 52.8 Å². The first-order valence-electron chi connectivity index (χ1n) is 9.74. The van der Waals surface area contributed by atoms with Crippen molar-refractivity contribution in [1.29, 1.82) is 0 Å². The second kappa shape index (κ2) is 6.32. The SMILES string of the molecule is CC1(C)C2CCC1(C)C(NC(=O)Cn1nc(-c3ccccc3)ccc1=O)C2. The third kappa shape index (κ3) is 2.89. The van der Waals surface area contributed by atoms with E-state index in [0.717, 1.165) is 18.4 Å². The molecule has 0 radical (unpaired) electrons. The summed E-state index contributed by atoms with van der Waals surface area (Å²) in [5.74, 6) is 0.527. The molecule has 0 aliphatic heterocycles. The monoisotopic (exact) mass is 365 g/mol. The van der Waals surface area contributed by atoms with Crippen molar-refractivity contribution in [3.63, 3.8) is 0 Å². The molecule has 1 heterocycles. The molecule has 2 bridgehead atoms. The lowest BCUT2D eigenvalue weighted by molar-refractivity contribution is -0.123. The van der Waals surface area contributed by atoms with Gasteiger partial charge in [-0.15, -0.1) is 0 Å². The zero-order chi connectivity index (χ0) is 19.2. The topological polar surface area (TPSA) is 64.0 Å². The number of carbonyl (C=O) groups excluding carboxylic acids is 1. The van der Waals surface area contributed by atoms with E-state index in [9.17, 15) is 9.59 Å². The molecular weight excluding hydrogens is 338 g/mol. The van der Waals surface area contributed by atoms with E-state index < -0.39 is 0 Å². The highest BCUT2D eigenvalue weighted by molar-refractivity contribution is 5.76. The van der Waals surface area contributed by atoms with Crippen molar-refractivity contribution in [2.75, 3.05) is 0 Å². The van der Waals surface area contributed by atoms with Gasteiger partial charge in [0.05, 0.1) is 5.69 Å². The molecule has 4 rings (SSSR count). The molecule has 1 aromatic carbocycles. The number of rotatable bonds is 4. The molecule has 2 aromatic rings. The molecule has 2 saturated carbocycles. The fraction of sp³-hybridized carbons (Fsp3) is 0.500. The van der Waals surface area contributed by atoms with Gasteiger partial charge in [0.25, 0.3) is 5.56 Å². The Labute approximate surface area is 159 Å². The summed E-state index contributed by atoms with van der Waals surface area (Å²) < 4.78 is 1.26. The standard InChI is InChI=1S/C22H27N3O2/c1-21(2)16-11-12-22(21,3)18(13-16)23-19(26)14-25-20(27)10-9-17(24-25)15-7-5-4-6-8-15/h4-10,16,18H,11-14H2,1-3H3,(H,23,26). The van der Waals surface area contributed by atoms with Gasteiger partial charge in [0.2, 0.25) is 5.91 Å². The number of hydrogen-bond donors (Lipinski definition) is 1. The van der Waals surface area contributed by atoms with E-state index in [2.05, 4.69) is 31.2 Å². The van der Waals surface area contributed by atoms with Gasteiger partial charge in [-0.2, -0.15) is 5.10 Å². The lowest BCUT2D eigenvalue weighted by Gasteiger charge is -2.39. The van der Waals surface area contributed by atoms with Gasteiger partial charge >= 0.3 is 0 Å². The van der Waals surface area contributed by atoms with Gasteiger partial charge in [0.1, 0.15) is 6.54 Å². The smallest absolute Gasteiger partial charge is 0.267 e. The van der Waals surface area contributed by atoms with Crippen LogP contribution in [0.2, 0.25) is 0 Å². The predicted molar refractivity (Wildman–Crippen MR) is 105 cm³/mol. The van der Waals surface area contributed by atoms with Crippen LogP contribution in [-0.4, -0.2) is 21.7 Å². The number of nitrogens with one attached hydrogen (secondary N) is 1. The van der Waals surface area contributed by atoms with Crippen molar-refractivity contribution in [3.8, 4) is 11.3 Å². The number of aromatic nitrogens is 2. The minimum absolute atomic E-state index is 0.0445. The van der Waals surface area contributed by atoms with E-state index in [-0.39, 0.29) is 34.9 Å². The maximum absolute atomic E-state index is 12.7. The summed E-state index contributed by atoms with van der Waals surface area (Å²) in [7, 11) is 0. The van der Waals surface area contributed by atoms with Gasteiger partial charge in [-0.25, -0.2) is 4.68 Å². The average Bonchev–Trinajstić information content (AvgIpc) is 2.98. The van der Waals surface area contributed by atoms with E-state index >= 15 is 0 Å². The molecule has 0 saturated heterocycles. The van der Waals surface area contributed by atoms with Gasteiger partial charge in [-0.3, -0.25) is 9.59 Å². The highest BCUT2D eigenvalue weighted by Crippen LogP contribution is 2.65. The van der Waals surface area contributed by atoms with Crippen molar-refractivity contribution >= 4 is 5.91 Å². The van der Waals surface area contributed by atoms with Gasteiger partial charge < -0.3 is 5.32 Å². The fourth-order valence-electron chi connectivity index (χ4n) is 5.12. The third-order valence-corrected chi connectivity index (χ3v) is 7.36. The van der Waals surface area contributed by atoms with Crippen LogP contribution in [0, 0.1) is 16.7 Å². The van der Waals surface area contributed by atoms with E-state index in [4.69, 9.17) is 0 Å². The lowest BCUT2D eigenvalue weighted by atomic mass is 9.69. The summed E-state index contributed by atoms with van der Waals surface area (Å²) >= 11 is 0. The molecule has 1 aromatic heterocycles. The van der Waals surface area contributed by atoms with Gasteiger partial charge in [-0.1, -0.05) is 51.1 Å². The van der Waals surface area contributed by atoms with Crippen LogP contribution in [-0.2, 0) is 11.3 Å². The third-order valence-electron chi connectivity index (χ3n) is 7.36. The Kier molecular flexibility index (Phi) is 4.21. The van der Waals surface area contributed by atoms with Gasteiger partial charge in [-0.05, 0) is 42.1 Å². The average molecular weight is 365 g/mol. The maximum Gasteiger partial charge on any atom is 0.267 e. The Balaban J connectivity index is 1.50. The molecule has 27 heavy (non-hydrogen) atoms. The molecule has 1 amide bonds. The Hall–Kier alpha value is -2.43. The summed E-state index contributed by atoms with van der Waals surface area (Å²) in [6, 6.07) is 13.0. The highest BCUT2D eigenvalue weighted by atomic mass is 16.2. The highest BCUT2D eigenvalue weighted by Gasteiger charge is 2.61. The second-order valence-corrected chi connectivity index (χ2v) is 8.81. The van der Waals surface area contributed by atoms with Crippen molar-refractivity contribution < 1.29 is 4.79 Å². The molecule has 5 nitrogen and oxygen atoms in total. The zero-order valence-corrected chi connectivity index (χ0v) is 16.2. The van der Waals surface area contributed by atoms with Gasteiger partial charge in [0, 0.05) is 17.7 Å². The second-order valence-electron chi connectivity index (χ2n) is 8.81. The molecule has 5 heteroatoms. The van der Waals surface area contributed by atoms with Crippen LogP contribution in [0.4, 0.5) is 0 Å². The van der Waals surface area contributed by atoms with E-state index in [0.29, 0.717) is 11.6 Å². The molecule has 3 atom stereocenters. The Bertz CT molecular complexity index is 919.